The van der Waals surface area contributed by atoms with Gasteiger partial charge in [0.2, 0.25) is 0 Å². The highest BCUT2D eigenvalue weighted by molar-refractivity contribution is 7.29. The van der Waals surface area contributed by atoms with Crippen LogP contribution in [0.15, 0.2) is 0 Å². The molecule has 0 rings (SSSR count). The van der Waals surface area contributed by atoms with Crippen LogP contribution in [0.2, 0.25) is 0 Å². The summed E-state index contributed by atoms with van der Waals surface area (Å²) >= 11 is 0. The molecule has 28 valence electrons. The Labute approximate surface area is 33.7 Å². The Morgan fingerprint density at radius 3 is 1.75 bits per heavy atom. The third kappa shape index (κ3) is 16.4. The molecule has 0 aliphatic heterocycles. The Hall–Kier alpha value is 0.680. The van der Waals surface area contributed by atoms with Gasteiger partial charge in [0.25, 0.3) is 0 Å². The van der Waals surface area contributed by atoms with Crippen molar-refractivity contribution in [1.29, 1.82) is 0 Å². The molecule has 0 saturated heterocycles. The van der Waals surface area contributed by atoms with Crippen LogP contribution in [0, 0.1) is 0 Å². The summed E-state index contributed by atoms with van der Waals surface area (Å²) in [5.74, 6) is 0. The number of halogens is 1. The Bertz CT molecular complexity index is 8.00. The SMILES string of the molecule is C[PH2+]O.[Cl-]. The van der Waals surface area contributed by atoms with E-state index < -0.39 is 0 Å². The topological polar surface area (TPSA) is 20.2 Å². The van der Waals surface area contributed by atoms with Gasteiger partial charge < -0.3 is 12.4 Å². The quantitative estimate of drug-likeness (QED) is 0.321. The van der Waals surface area contributed by atoms with Gasteiger partial charge in [-0.25, -0.2) is 0 Å². The van der Waals surface area contributed by atoms with Crippen molar-refractivity contribution in [2.24, 2.45) is 0 Å². The van der Waals surface area contributed by atoms with E-state index in [1.807, 2.05) is 0 Å². The smallest absolute Gasteiger partial charge is 0.113 e. The van der Waals surface area contributed by atoms with Crippen molar-refractivity contribution in [3.8, 4) is 0 Å². The fourth-order valence-corrected chi connectivity index (χ4v) is 0. The third-order valence-electron chi connectivity index (χ3n) is 0. The molecule has 3 heteroatoms. The fraction of sp³-hybridized carbons (Fsp3) is 1.00. The molecule has 1 N–H and O–H groups in total. The predicted octanol–water partition coefficient (Wildman–Crippen LogP) is -3.06. The van der Waals surface area contributed by atoms with Gasteiger partial charge in [0.15, 0.2) is 0 Å². The molecule has 0 aromatic heterocycles. The highest BCUT2D eigenvalue weighted by Crippen LogP contribution is 1.83. The van der Waals surface area contributed by atoms with Gasteiger partial charge in [-0.05, 0) is 0 Å². The van der Waals surface area contributed by atoms with E-state index in [1.165, 1.54) is 0 Å². The minimum Gasteiger partial charge on any atom is -1.00 e. The summed E-state index contributed by atoms with van der Waals surface area (Å²) in [6, 6.07) is 0. The standard InChI is InChI=1S/CH5OP.ClH/c1-3-2;/h2-3H,1H3;1H. The molecule has 0 aromatic carbocycles. The van der Waals surface area contributed by atoms with Gasteiger partial charge >= 0.3 is 0 Å². The Balaban J connectivity index is 0. The van der Waals surface area contributed by atoms with E-state index in [2.05, 4.69) is 0 Å². The average Bonchev–Trinajstić information content (AvgIpc) is 0.918. The third-order valence-corrected chi connectivity index (χ3v) is 0. The van der Waals surface area contributed by atoms with E-state index >= 15 is 0 Å². The van der Waals surface area contributed by atoms with Crippen LogP contribution in [0.4, 0.5) is 0 Å². The highest BCUT2D eigenvalue weighted by Gasteiger charge is 1.44. The Morgan fingerprint density at radius 1 is 1.75 bits per heavy atom. The van der Waals surface area contributed by atoms with E-state index in [0.29, 0.717) is 0 Å². The summed E-state index contributed by atoms with van der Waals surface area (Å²) in [4.78, 5) is 7.65. The van der Waals surface area contributed by atoms with Crippen LogP contribution in [0.25, 0.3) is 0 Å². The van der Waals surface area contributed by atoms with E-state index in [4.69, 9.17) is 4.89 Å². The maximum atomic E-state index is 7.65. The Kier molecular flexibility index (Phi) is 20.7. The molecule has 0 fully saturated rings. The van der Waals surface area contributed by atoms with Crippen LogP contribution in [0.3, 0.4) is 0 Å². The van der Waals surface area contributed by atoms with Gasteiger partial charge in [-0.15, -0.1) is 0 Å². The molecule has 4 heavy (non-hydrogen) atoms. The molecule has 0 heterocycles. The normalized spacial score (nSPS) is 7.50. The molecular formula is CH6ClOP. The average molecular weight is 100 g/mol. The zero-order chi connectivity index (χ0) is 2.71. The molecule has 0 aliphatic rings. The van der Waals surface area contributed by atoms with Crippen molar-refractivity contribution in [3.63, 3.8) is 0 Å². The molecule has 1 nitrogen and oxygen atoms in total. The van der Waals surface area contributed by atoms with E-state index in [-0.39, 0.29) is 21.2 Å². The fourth-order valence-electron chi connectivity index (χ4n) is 0. The molecule has 1 atom stereocenters. The summed E-state index contributed by atoms with van der Waals surface area (Å²) in [6.07, 6.45) is 0. The van der Waals surface area contributed by atoms with Crippen molar-refractivity contribution in [1.82, 2.24) is 0 Å². The second kappa shape index (κ2) is 9.36. The van der Waals surface area contributed by atoms with Crippen molar-refractivity contribution in [3.05, 3.63) is 0 Å². The van der Waals surface area contributed by atoms with Crippen molar-refractivity contribution < 1.29 is 17.3 Å². The van der Waals surface area contributed by atoms with E-state index in [9.17, 15) is 0 Å². The number of rotatable bonds is 0. The first-order valence-corrected chi connectivity index (χ1v) is 2.51. The van der Waals surface area contributed by atoms with Gasteiger partial charge in [-0.1, -0.05) is 0 Å². The van der Waals surface area contributed by atoms with Crippen LogP contribution in [0.1, 0.15) is 0 Å². The van der Waals surface area contributed by atoms with Gasteiger partial charge in [-0.2, -0.15) is 0 Å². The molecule has 0 radical (unpaired) electrons. The van der Waals surface area contributed by atoms with Crippen LogP contribution in [-0.4, -0.2) is 11.6 Å². The maximum absolute atomic E-state index is 7.65. The minimum atomic E-state index is -0.250. The van der Waals surface area contributed by atoms with E-state index in [1.54, 1.807) is 6.66 Å². The van der Waals surface area contributed by atoms with Crippen molar-refractivity contribution in [2.45, 2.75) is 0 Å². The molecular weight excluding hydrogens is 94.4 g/mol. The summed E-state index contributed by atoms with van der Waals surface area (Å²) in [7, 11) is -0.250. The predicted molar refractivity (Wildman–Crippen MR) is 17.9 cm³/mol. The van der Waals surface area contributed by atoms with Crippen LogP contribution < -0.4 is 12.4 Å². The summed E-state index contributed by atoms with van der Waals surface area (Å²) < 4.78 is 0. The molecule has 1 unspecified atom stereocenters. The summed E-state index contributed by atoms with van der Waals surface area (Å²) in [5.41, 5.74) is 0. The van der Waals surface area contributed by atoms with E-state index in [0.717, 1.165) is 0 Å². The van der Waals surface area contributed by atoms with Crippen LogP contribution >= 0.6 is 8.81 Å². The maximum Gasteiger partial charge on any atom is 0.113 e. The first kappa shape index (κ1) is 8.82. The molecule has 0 bridgehead atoms. The first-order chi connectivity index (χ1) is 1.41. The van der Waals surface area contributed by atoms with Crippen molar-refractivity contribution >= 4 is 8.81 Å². The van der Waals surface area contributed by atoms with Crippen LogP contribution in [-0.2, 0) is 0 Å². The lowest BCUT2D eigenvalue weighted by molar-refractivity contribution is -0.00000164. The molecule has 0 aromatic rings. The number of hydrogen-bond donors (Lipinski definition) is 1. The largest absolute Gasteiger partial charge is 1.00 e. The van der Waals surface area contributed by atoms with Gasteiger partial charge in [-0.3, -0.25) is 4.89 Å². The van der Waals surface area contributed by atoms with Gasteiger partial charge in [0.05, 0.1) is 6.66 Å². The lowest BCUT2D eigenvalue weighted by Crippen LogP contribution is -3.00. The second-order valence-electron chi connectivity index (χ2n) is 0.258. The zero-order valence-electron chi connectivity index (χ0n) is 2.40. The first-order valence-electron chi connectivity index (χ1n) is 0.836. The van der Waals surface area contributed by atoms with Crippen LogP contribution in [0.5, 0.6) is 0 Å². The molecule has 0 saturated carbocycles. The molecule has 0 amide bonds. The highest BCUT2D eigenvalue weighted by atomic mass is 35.5. The lowest BCUT2D eigenvalue weighted by atomic mass is 12.0. The number of hydrogen-bond acceptors (Lipinski definition) is 1. The van der Waals surface area contributed by atoms with Gasteiger partial charge in [0, 0.05) is 0 Å². The second-order valence-corrected chi connectivity index (χ2v) is 0.775. The summed E-state index contributed by atoms with van der Waals surface area (Å²) in [6.45, 7) is 1.76. The zero-order valence-corrected chi connectivity index (χ0v) is 4.31. The lowest BCUT2D eigenvalue weighted by Gasteiger charge is -1.42. The van der Waals surface area contributed by atoms with Crippen molar-refractivity contribution in [2.75, 3.05) is 6.66 Å². The van der Waals surface area contributed by atoms with Gasteiger partial charge in [0.1, 0.15) is 8.81 Å². The summed E-state index contributed by atoms with van der Waals surface area (Å²) in [5, 5.41) is 0. The Morgan fingerprint density at radius 2 is 1.75 bits per heavy atom. The monoisotopic (exact) mass is 100.0 g/mol. The minimum absolute atomic E-state index is 0. The molecule has 0 spiro atoms. The molecule has 0 aliphatic carbocycles.